The van der Waals surface area contributed by atoms with E-state index in [9.17, 15) is 14.3 Å². The van der Waals surface area contributed by atoms with Crippen LogP contribution in [-0.4, -0.2) is 36.1 Å². The average molecular weight is 315 g/mol. The van der Waals surface area contributed by atoms with Gasteiger partial charge in [-0.15, -0.1) is 0 Å². The molecule has 1 aliphatic heterocycles. The van der Waals surface area contributed by atoms with Gasteiger partial charge in [-0.3, -0.25) is 4.79 Å². The van der Waals surface area contributed by atoms with Gasteiger partial charge in [-0.1, -0.05) is 36.4 Å². The van der Waals surface area contributed by atoms with E-state index in [0.29, 0.717) is 13.0 Å². The lowest BCUT2D eigenvalue weighted by Crippen LogP contribution is -2.34. The van der Waals surface area contributed by atoms with Crippen LogP contribution in [0.15, 0.2) is 48.5 Å². The van der Waals surface area contributed by atoms with Crippen molar-refractivity contribution in [2.24, 2.45) is 0 Å². The quantitative estimate of drug-likeness (QED) is 0.947. The van der Waals surface area contributed by atoms with Gasteiger partial charge in [0.25, 0.3) is 5.91 Å². The van der Waals surface area contributed by atoms with E-state index in [2.05, 4.69) is 0 Å². The fraction of sp³-hybridized carbons (Fsp3) is 0.278. The molecule has 1 N–H and O–H groups in total. The largest absolute Gasteiger partial charge is 0.493 e. The third-order valence-electron chi connectivity index (χ3n) is 4.25. The molecule has 1 heterocycles. The summed E-state index contributed by atoms with van der Waals surface area (Å²) in [5.74, 6) is -0.975. The van der Waals surface area contributed by atoms with Gasteiger partial charge in [0.05, 0.1) is 19.2 Å². The molecular formula is C18H18FNO3. The van der Waals surface area contributed by atoms with Gasteiger partial charge in [0.2, 0.25) is 0 Å². The number of β-amino-alcohol motifs (C(OH)–C–C–N with tert-alkyl or cyclic N) is 1. The summed E-state index contributed by atoms with van der Waals surface area (Å²) in [6.07, 6.45) is 0.445. The Hall–Kier alpha value is -2.40. The summed E-state index contributed by atoms with van der Waals surface area (Å²) in [7, 11) is 1.33. The number of aliphatic hydroxyl groups is 1. The molecule has 0 radical (unpaired) electrons. The summed E-state index contributed by atoms with van der Waals surface area (Å²) >= 11 is 0. The zero-order valence-corrected chi connectivity index (χ0v) is 12.8. The van der Waals surface area contributed by atoms with Crippen LogP contribution >= 0.6 is 0 Å². The van der Waals surface area contributed by atoms with Crippen LogP contribution in [0.5, 0.6) is 5.75 Å². The average Bonchev–Trinajstić information content (AvgIpc) is 2.98. The van der Waals surface area contributed by atoms with Crippen LogP contribution < -0.4 is 4.74 Å². The van der Waals surface area contributed by atoms with Gasteiger partial charge in [0, 0.05) is 6.54 Å². The van der Waals surface area contributed by atoms with E-state index in [0.717, 1.165) is 5.56 Å². The predicted octanol–water partition coefficient (Wildman–Crippen LogP) is 2.57. The van der Waals surface area contributed by atoms with E-state index in [-0.39, 0.29) is 23.8 Å². The number of para-hydroxylation sites is 1. The second-order valence-corrected chi connectivity index (χ2v) is 5.69. The van der Waals surface area contributed by atoms with Crippen LogP contribution in [0.3, 0.4) is 0 Å². The Bertz CT molecular complexity index is 719. The minimum Gasteiger partial charge on any atom is -0.493 e. The highest BCUT2D eigenvalue weighted by atomic mass is 19.1. The van der Waals surface area contributed by atoms with Gasteiger partial charge < -0.3 is 14.7 Å². The summed E-state index contributed by atoms with van der Waals surface area (Å²) in [4.78, 5) is 14.2. The van der Waals surface area contributed by atoms with Crippen LogP contribution in [0.25, 0.3) is 0 Å². The number of hydrogen-bond acceptors (Lipinski definition) is 3. The molecule has 0 unspecified atom stereocenters. The molecule has 0 saturated carbocycles. The summed E-state index contributed by atoms with van der Waals surface area (Å²) < 4.78 is 18.8. The van der Waals surface area contributed by atoms with Gasteiger partial charge in [-0.25, -0.2) is 4.39 Å². The normalized spacial score (nSPS) is 20.6. The zero-order valence-electron chi connectivity index (χ0n) is 12.8. The Kier molecular flexibility index (Phi) is 4.05. The first kappa shape index (κ1) is 15.5. The van der Waals surface area contributed by atoms with Gasteiger partial charge in [0.15, 0.2) is 11.6 Å². The monoisotopic (exact) mass is 315 g/mol. The molecule has 2 aromatic carbocycles. The number of ether oxygens (including phenoxy) is 1. The lowest BCUT2D eigenvalue weighted by molar-refractivity contribution is 0.0416. The summed E-state index contributed by atoms with van der Waals surface area (Å²) in [6.45, 7) is 0.583. The highest BCUT2D eigenvalue weighted by Gasteiger charge is 2.40. The number of carbonyl (C=O) groups is 1. The van der Waals surface area contributed by atoms with E-state index in [1.807, 2.05) is 30.3 Å². The van der Waals surface area contributed by atoms with Crippen LogP contribution in [0.4, 0.5) is 4.39 Å². The minimum absolute atomic E-state index is 0.0624. The highest BCUT2D eigenvalue weighted by molar-refractivity contribution is 5.97. The second-order valence-electron chi connectivity index (χ2n) is 5.69. The van der Waals surface area contributed by atoms with Crippen molar-refractivity contribution in [1.29, 1.82) is 0 Å². The van der Waals surface area contributed by atoms with Gasteiger partial charge >= 0.3 is 0 Å². The van der Waals surface area contributed by atoms with Crippen molar-refractivity contribution in [1.82, 2.24) is 4.90 Å². The first-order valence-corrected chi connectivity index (χ1v) is 7.45. The van der Waals surface area contributed by atoms with E-state index in [1.165, 1.54) is 30.2 Å². The van der Waals surface area contributed by atoms with Crippen LogP contribution in [0.1, 0.15) is 22.3 Å². The molecule has 120 valence electrons. The first-order chi connectivity index (χ1) is 11.0. The van der Waals surface area contributed by atoms with E-state index in [1.54, 1.807) is 0 Å². The molecule has 1 atom stereocenters. The first-order valence-electron chi connectivity index (χ1n) is 7.45. The third-order valence-corrected chi connectivity index (χ3v) is 4.25. The van der Waals surface area contributed by atoms with Crippen molar-refractivity contribution in [3.05, 3.63) is 65.5 Å². The number of hydrogen-bond donors (Lipinski definition) is 1. The van der Waals surface area contributed by atoms with Crippen molar-refractivity contribution in [2.75, 3.05) is 20.2 Å². The number of rotatable bonds is 3. The molecule has 1 amide bonds. The molecule has 3 rings (SSSR count). The second kappa shape index (κ2) is 6.01. The predicted molar refractivity (Wildman–Crippen MR) is 83.8 cm³/mol. The fourth-order valence-electron chi connectivity index (χ4n) is 3.01. The molecule has 4 nitrogen and oxygen atoms in total. The van der Waals surface area contributed by atoms with Crippen LogP contribution in [0, 0.1) is 5.82 Å². The molecule has 2 aromatic rings. The maximum Gasteiger partial charge on any atom is 0.257 e. The van der Waals surface area contributed by atoms with E-state index >= 15 is 0 Å². The number of likely N-dealkylation sites (tertiary alicyclic amines) is 1. The molecule has 5 heteroatoms. The number of benzene rings is 2. The SMILES string of the molecule is COc1c(F)cccc1C(=O)N1CC[C@@](O)(c2ccccc2)C1. The third kappa shape index (κ3) is 2.80. The van der Waals surface area contributed by atoms with Gasteiger partial charge in [-0.05, 0) is 24.1 Å². The molecule has 0 bridgehead atoms. The fourth-order valence-corrected chi connectivity index (χ4v) is 3.01. The number of amides is 1. The van der Waals surface area contributed by atoms with Crippen molar-refractivity contribution in [3.8, 4) is 5.75 Å². The maximum absolute atomic E-state index is 13.8. The zero-order chi connectivity index (χ0) is 16.4. The lowest BCUT2D eigenvalue weighted by atomic mass is 9.93. The smallest absolute Gasteiger partial charge is 0.257 e. The Morgan fingerprint density at radius 2 is 1.96 bits per heavy atom. The van der Waals surface area contributed by atoms with Crippen LogP contribution in [-0.2, 0) is 5.60 Å². The number of nitrogens with zero attached hydrogens (tertiary/aromatic N) is 1. The summed E-state index contributed by atoms with van der Waals surface area (Å²) in [5, 5.41) is 10.8. The van der Waals surface area contributed by atoms with E-state index in [4.69, 9.17) is 4.74 Å². The topological polar surface area (TPSA) is 49.8 Å². The molecule has 23 heavy (non-hydrogen) atoms. The molecule has 1 saturated heterocycles. The molecule has 1 fully saturated rings. The molecule has 0 aliphatic carbocycles. The van der Waals surface area contributed by atoms with Crippen molar-refractivity contribution < 1.29 is 19.0 Å². The minimum atomic E-state index is -1.07. The highest BCUT2D eigenvalue weighted by Crippen LogP contribution is 2.33. The Morgan fingerprint density at radius 1 is 1.22 bits per heavy atom. The van der Waals surface area contributed by atoms with E-state index < -0.39 is 11.4 Å². The standard InChI is InChI=1S/C18H18FNO3/c1-23-16-14(8-5-9-15(16)19)17(21)20-11-10-18(22,12-20)13-6-3-2-4-7-13/h2-9,22H,10-12H2,1H3/t18-/m0/s1. The van der Waals surface area contributed by atoms with Crippen molar-refractivity contribution >= 4 is 5.91 Å². The van der Waals surface area contributed by atoms with Crippen molar-refractivity contribution in [2.45, 2.75) is 12.0 Å². The molecular weight excluding hydrogens is 297 g/mol. The lowest BCUT2D eigenvalue weighted by Gasteiger charge is -2.24. The Labute approximate surface area is 134 Å². The number of methoxy groups -OCH3 is 1. The van der Waals surface area contributed by atoms with Crippen molar-refractivity contribution in [3.63, 3.8) is 0 Å². The number of halogens is 1. The molecule has 0 spiro atoms. The summed E-state index contributed by atoms with van der Waals surface area (Å²) in [5.41, 5.74) is -0.122. The Morgan fingerprint density at radius 3 is 2.65 bits per heavy atom. The van der Waals surface area contributed by atoms with Gasteiger partial charge in [0.1, 0.15) is 5.60 Å². The Balaban J connectivity index is 1.85. The van der Waals surface area contributed by atoms with Crippen LogP contribution in [0.2, 0.25) is 0 Å². The number of carbonyl (C=O) groups excluding carboxylic acids is 1. The van der Waals surface area contributed by atoms with Gasteiger partial charge in [-0.2, -0.15) is 0 Å². The maximum atomic E-state index is 13.8. The molecule has 1 aliphatic rings. The molecule has 0 aromatic heterocycles. The summed E-state index contributed by atoms with van der Waals surface area (Å²) in [6, 6.07) is 13.5.